The fraction of sp³-hybridized carbons (Fsp3) is 0.500. The van der Waals surface area contributed by atoms with Crippen LogP contribution in [0.5, 0.6) is 0 Å². The van der Waals surface area contributed by atoms with E-state index in [1.165, 1.54) is 12.1 Å². The topological polar surface area (TPSA) is 44.4 Å². The molecule has 2 amide bonds. The SMILES string of the molecule is CCN(CC1CCCN1)C(=O)Nc1cccc(F)c1. The van der Waals surface area contributed by atoms with E-state index in [9.17, 15) is 9.18 Å². The molecular weight excluding hydrogens is 245 g/mol. The number of hydrogen-bond donors (Lipinski definition) is 2. The second kappa shape index (κ2) is 6.52. The number of halogens is 1. The lowest BCUT2D eigenvalue weighted by molar-refractivity contribution is 0.209. The number of carbonyl (C=O) groups is 1. The van der Waals surface area contributed by atoms with Crippen LogP contribution in [0, 0.1) is 5.82 Å². The Balaban J connectivity index is 1.92. The van der Waals surface area contributed by atoms with Crippen LogP contribution in [0.2, 0.25) is 0 Å². The van der Waals surface area contributed by atoms with Gasteiger partial charge in [0.25, 0.3) is 0 Å². The van der Waals surface area contributed by atoms with Crippen molar-refractivity contribution in [2.75, 3.05) is 25.0 Å². The van der Waals surface area contributed by atoms with Crippen LogP contribution >= 0.6 is 0 Å². The van der Waals surface area contributed by atoms with E-state index in [-0.39, 0.29) is 11.8 Å². The predicted octanol–water partition coefficient (Wildman–Crippen LogP) is 2.43. The average Bonchev–Trinajstić information content (AvgIpc) is 2.88. The Morgan fingerprint density at radius 1 is 1.58 bits per heavy atom. The fourth-order valence-corrected chi connectivity index (χ4v) is 2.30. The summed E-state index contributed by atoms with van der Waals surface area (Å²) >= 11 is 0. The van der Waals surface area contributed by atoms with Crippen molar-refractivity contribution >= 4 is 11.7 Å². The standard InChI is InChI=1S/C14H20FN3O/c1-2-18(10-13-7-4-8-16-13)14(19)17-12-6-3-5-11(15)9-12/h3,5-6,9,13,16H,2,4,7-8,10H2,1H3,(H,17,19). The van der Waals surface area contributed by atoms with Gasteiger partial charge in [-0.3, -0.25) is 0 Å². The number of nitrogens with zero attached hydrogens (tertiary/aromatic N) is 1. The molecule has 104 valence electrons. The highest BCUT2D eigenvalue weighted by atomic mass is 19.1. The first kappa shape index (κ1) is 13.8. The van der Waals surface area contributed by atoms with Crippen molar-refractivity contribution in [1.82, 2.24) is 10.2 Å². The van der Waals surface area contributed by atoms with Crippen molar-refractivity contribution in [3.05, 3.63) is 30.1 Å². The maximum atomic E-state index is 13.1. The van der Waals surface area contributed by atoms with Gasteiger partial charge in [0, 0.05) is 24.8 Å². The third kappa shape index (κ3) is 3.92. The Morgan fingerprint density at radius 3 is 3.05 bits per heavy atom. The van der Waals surface area contributed by atoms with Gasteiger partial charge >= 0.3 is 6.03 Å². The fourth-order valence-electron chi connectivity index (χ4n) is 2.30. The highest BCUT2D eigenvalue weighted by Gasteiger charge is 2.20. The van der Waals surface area contributed by atoms with E-state index in [4.69, 9.17) is 0 Å². The van der Waals surface area contributed by atoms with E-state index in [0.29, 0.717) is 24.8 Å². The molecule has 0 spiro atoms. The molecule has 1 fully saturated rings. The molecule has 1 atom stereocenters. The number of hydrogen-bond acceptors (Lipinski definition) is 2. The molecule has 5 heteroatoms. The smallest absolute Gasteiger partial charge is 0.321 e. The molecule has 0 aromatic heterocycles. The summed E-state index contributed by atoms with van der Waals surface area (Å²) in [5.41, 5.74) is 0.489. The van der Waals surface area contributed by atoms with Crippen LogP contribution in [0.15, 0.2) is 24.3 Å². The molecule has 1 saturated heterocycles. The molecule has 0 bridgehead atoms. The zero-order chi connectivity index (χ0) is 13.7. The molecule has 2 rings (SSSR count). The van der Waals surface area contributed by atoms with Gasteiger partial charge < -0.3 is 15.5 Å². The molecule has 0 saturated carbocycles. The molecule has 0 aliphatic carbocycles. The molecule has 19 heavy (non-hydrogen) atoms. The van der Waals surface area contributed by atoms with Crippen LogP contribution in [-0.4, -0.2) is 36.6 Å². The van der Waals surface area contributed by atoms with Gasteiger partial charge in [0.2, 0.25) is 0 Å². The Hall–Kier alpha value is -1.62. The third-order valence-corrected chi connectivity index (χ3v) is 3.35. The van der Waals surface area contributed by atoms with Crippen LogP contribution < -0.4 is 10.6 Å². The molecule has 1 aromatic carbocycles. The van der Waals surface area contributed by atoms with Gasteiger partial charge in [0.1, 0.15) is 5.82 Å². The predicted molar refractivity (Wildman–Crippen MR) is 73.7 cm³/mol. The second-order valence-electron chi connectivity index (χ2n) is 4.77. The number of nitrogens with one attached hydrogen (secondary N) is 2. The maximum Gasteiger partial charge on any atom is 0.321 e. The van der Waals surface area contributed by atoms with E-state index in [1.54, 1.807) is 17.0 Å². The molecule has 1 aliphatic heterocycles. The van der Waals surface area contributed by atoms with Crippen LogP contribution in [0.25, 0.3) is 0 Å². The molecule has 0 radical (unpaired) electrons. The minimum Gasteiger partial charge on any atom is -0.323 e. The summed E-state index contributed by atoms with van der Waals surface area (Å²) in [5, 5.41) is 6.09. The lowest BCUT2D eigenvalue weighted by atomic mass is 10.2. The average molecular weight is 265 g/mol. The van der Waals surface area contributed by atoms with Crippen molar-refractivity contribution in [3.8, 4) is 0 Å². The minimum absolute atomic E-state index is 0.179. The van der Waals surface area contributed by atoms with Gasteiger partial charge in [0.05, 0.1) is 0 Å². The van der Waals surface area contributed by atoms with E-state index < -0.39 is 0 Å². The normalized spacial score (nSPS) is 18.3. The quantitative estimate of drug-likeness (QED) is 0.878. The second-order valence-corrected chi connectivity index (χ2v) is 4.77. The molecule has 1 heterocycles. The number of urea groups is 1. The van der Waals surface area contributed by atoms with Gasteiger partial charge in [0.15, 0.2) is 0 Å². The number of anilines is 1. The first-order valence-electron chi connectivity index (χ1n) is 6.74. The lowest BCUT2D eigenvalue weighted by Gasteiger charge is -2.24. The molecular formula is C14H20FN3O. The van der Waals surface area contributed by atoms with Gasteiger partial charge in [-0.25, -0.2) is 9.18 Å². The van der Waals surface area contributed by atoms with E-state index in [0.717, 1.165) is 19.4 Å². The monoisotopic (exact) mass is 265 g/mol. The van der Waals surface area contributed by atoms with E-state index in [2.05, 4.69) is 10.6 Å². The lowest BCUT2D eigenvalue weighted by Crippen LogP contribution is -2.43. The number of amides is 2. The van der Waals surface area contributed by atoms with Crippen molar-refractivity contribution in [2.45, 2.75) is 25.8 Å². The number of rotatable bonds is 4. The first-order valence-corrected chi connectivity index (χ1v) is 6.74. The third-order valence-electron chi connectivity index (χ3n) is 3.35. The van der Waals surface area contributed by atoms with E-state index >= 15 is 0 Å². The summed E-state index contributed by atoms with van der Waals surface area (Å²) in [4.78, 5) is 13.9. The summed E-state index contributed by atoms with van der Waals surface area (Å²) in [5.74, 6) is -0.349. The Morgan fingerprint density at radius 2 is 2.42 bits per heavy atom. The van der Waals surface area contributed by atoms with Gasteiger partial charge in [-0.15, -0.1) is 0 Å². The summed E-state index contributed by atoms with van der Waals surface area (Å²) < 4.78 is 13.1. The van der Waals surface area contributed by atoms with Gasteiger partial charge in [-0.1, -0.05) is 6.07 Å². The summed E-state index contributed by atoms with van der Waals surface area (Å²) in [6, 6.07) is 6.14. The Labute approximate surface area is 113 Å². The highest BCUT2D eigenvalue weighted by molar-refractivity contribution is 5.89. The van der Waals surface area contributed by atoms with Crippen LogP contribution in [0.4, 0.5) is 14.9 Å². The van der Waals surface area contributed by atoms with Crippen molar-refractivity contribution < 1.29 is 9.18 Å². The molecule has 1 aliphatic rings. The maximum absolute atomic E-state index is 13.1. The zero-order valence-electron chi connectivity index (χ0n) is 11.2. The first-order chi connectivity index (χ1) is 9.19. The molecule has 1 aromatic rings. The molecule has 1 unspecified atom stereocenters. The van der Waals surface area contributed by atoms with Crippen molar-refractivity contribution in [3.63, 3.8) is 0 Å². The Bertz CT molecular complexity index is 432. The number of carbonyl (C=O) groups excluding carboxylic acids is 1. The zero-order valence-corrected chi connectivity index (χ0v) is 11.2. The van der Waals surface area contributed by atoms with Crippen molar-refractivity contribution in [2.24, 2.45) is 0 Å². The van der Waals surface area contributed by atoms with Crippen LogP contribution in [-0.2, 0) is 0 Å². The largest absolute Gasteiger partial charge is 0.323 e. The molecule has 2 N–H and O–H groups in total. The van der Waals surface area contributed by atoms with Gasteiger partial charge in [-0.2, -0.15) is 0 Å². The number of benzene rings is 1. The van der Waals surface area contributed by atoms with Gasteiger partial charge in [-0.05, 0) is 44.5 Å². The molecule has 4 nitrogen and oxygen atoms in total. The van der Waals surface area contributed by atoms with E-state index in [1.807, 2.05) is 6.92 Å². The van der Waals surface area contributed by atoms with Crippen LogP contribution in [0.3, 0.4) is 0 Å². The Kier molecular flexibility index (Phi) is 4.74. The highest BCUT2D eigenvalue weighted by Crippen LogP contribution is 2.11. The summed E-state index contributed by atoms with van der Waals surface area (Å²) in [6.45, 7) is 4.30. The van der Waals surface area contributed by atoms with Crippen LogP contribution in [0.1, 0.15) is 19.8 Å². The van der Waals surface area contributed by atoms with Crippen molar-refractivity contribution in [1.29, 1.82) is 0 Å². The summed E-state index contributed by atoms with van der Waals surface area (Å²) in [6.07, 6.45) is 2.26. The summed E-state index contributed by atoms with van der Waals surface area (Å²) in [7, 11) is 0. The minimum atomic E-state index is -0.349. The number of likely N-dealkylation sites (N-methyl/N-ethyl adjacent to an activating group) is 1.